The van der Waals surface area contributed by atoms with Crippen LogP contribution in [0.25, 0.3) is 0 Å². The van der Waals surface area contributed by atoms with Crippen LogP contribution in [-0.4, -0.2) is 42.1 Å². The molecular formula is C17H24N2O2S. The molecular weight excluding hydrogens is 296 g/mol. The van der Waals surface area contributed by atoms with E-state index in [1.165, 1.54) is 11.1 Å². The van der Waals surface area contributed by atoms with E-state index in [9.17, 15) is 9.59 Å². The van der Waals surface area contributed by atoms with Crippen molar-refractivity contribution >= 4 is 23.6 Å². The van der Waals surface area contributed by atoms with Crippen molar-refractivity contribution in [3.05, 3.63) is 29.3 Å². The Hall–Kier alpha value is -1.49. The number of carbonyl (C=O) groups excluding carboxylic acids is 2. The molecule has 0 atom stereocenters. The van der Waals surface area contributed by atoms with E-state index in [1.54, 1.807) is 11.8 Å². The first-order valence-corrected chi connectivity index (χ1v) is 8.79. The highest BCUT2D eigenvalue weighted by atomic mass is 32.2. The van der Waals surface area contributed by atoms with Crippen LogP contribution in [0.3, 0.4) is 0 Å². The van der Waals surface area contributed by atoms with Crippen LogP contribution in [0.1, 0.15) is 30.4 Å². The maximum absolute atomic E-state index is 11.9. The van der Waals surface area contributed by atoms with Gasteiger partial charge >= 0.3 is 0 Å². The summed E-state index contributed by atoms with van der Waals surface area (Å²) < 4.78 is 0. The number of carbonyl (C=O) groups is 2. The van der Waals surface area contributed by atoms with Crippen LogP contribution < -0.4 is 5.32 Å². The van der Waals surface area contributed by atoms with Gasteiger partial charge in [-0.1, -0.05) is 17.7 Å². The Morgan fingerprint density at radius 3 is 2.68 bits per heavy atom. The smallest absolute Gasteiger partial charge is 0.230 e. The third-order valence-electron chi connectivity index (χ3n) is 3.82. The lowest BCUT2D eigenvalue weighted by molar-refractivity contribution is -0.130. The van der Waals surface area contributed by atoms with Crippen LogP contribution >= 0.6 is 11.8 Å². The normalized spacial score (nSPS) is 14.2. The van der Waals surface area contributed by atoms with Crippen molar-refractivity contribution in [2.45, 2.75) is 38.0 Å². The summed E-state index contributed by atoms with van der Waals surface area (Å²) in [4.78, 5) is 26.7. The molecule has 2 amide bonds. The average Bonchev–Trinajstić information content (AvgIpc) is 3.02. The van der Waals surface area contributed by atoms with Crippen molar-refractivity contribution in [3.8, 4) is 0 Å². The van der Waals surface area contributed by atoms with Gasteiger partial charge in [0.15, 0.2) is 0 Å². The molecule has 0 saturated carbocycles. The Labute approximate surface area is 136 Å². The molecule has 0 bridgehead atoms. The van der Waals surface area contributed by atoms with Gasteiger partial charge < -0.3 is 10.2 Å². The van der Waals surface area contributed by atoms with Crippen LogP contribution in [-0.2, 0) is 9.59 Å². The maximum atomic E-state index is 11.9. The Balaban J connectivity index is 1.67. The van der Waals surface area contributed by atoms with Gasteiger partial charge in [0.05, 0.1) is 5.75 Å². The number of hydrogen-bond acceptors (Lipinski definition) is 3. The summed E-state index contributed by atoms with van der Waals surface area (Å²) in [5, 5.41) is 2.83. The Kier molecular flexibility index (Phi) is 6.31. The summed E-state index contributed by atoms with van der Waals surface area (Å²) in [5.41, 5.74) is 2.39. The molecule has 0 unspecified atom stereocenters. The van der Waals surface area contributed by atoms with E-state index in [2.05, 4.69) is 23.5 Å². The molecule has 0 aromatic heterocycles. The molecule has 22 heavy (non-hydrogen) atoms. The van der Waals surface area contributed by atoms with Gasteiger partial charge in [0, 0.05) is 31.0 Å². The van der Waals surface area contributed by atoms with Crippen molar-refractivity contribution in [2.75, 3.05) is 25.4 Å². The first-order valence-electron chi connectivity index (χ1n) is 7.81. The molecule has 4 nitrogen and oxygen atoms in total. The van der Waals surface area contributed by atoms with E-state index in [-0.39, 0.29) is 11.8 Å². The summed E-state index contributed by atoms with van der Waals surface area (Å²) in [6, 6.07) is 6.25. The van der Waals surface area contributed by atoms with Gasteiger partial charge in [-0.25, -0.2) is 0 Å². The number of benzene rings is 1. The number of nitrogens with zero attached hydrogens (tertiary/aromatic N) is 1. The van der Waals surface area contributed by atoms with Gasteiger partial charge in [-0.15, -0.1) is 11.8 Å². The fourth-order valence-electron chi connectivity index (χ4n) is 2.49. The SMILES string of the molecule is Cc1ccc(C)c(SCC(=O)NCCC(=O)N2CCCC2)c1. The van der Waals surface area contributed by atoms with E-state index in [0.717, 1.165) is 30.8 Å². The number of thioether (sulfide) groups is 1. The second-order valence-corrected chi connectivity index (χ2v) is 6.76. The Morgan fingerprint density at radius 1 is 1.23 bits per heavy atom. The van der Waals surface area contributed by atoms with Crippen molar-refractivity contribution in [3.63, 3.8) is 0 Å². The topological polar surface area (TPSA) is 49.4 Å². The summed E-state index contributed by atoms with van der Waals surface area (Å²) in [6.07, 6.45) is 2.61. The summed E-state index contributed by atoms with van der Waals surface area (Å²) in [6.45, 7) is 6.27. The molecule has 120 valence electrons. The second kappa shape index (κ2) is 8.22. The zero-order valence-corrected chi connectivity index (χ0v) is 14.2. The zero-order chi connectivity index (χ0) is 15.9. The molecule has 0 aliphatic carbocycles. The first-order chi connectivity index (χ1) is 10.6. The van der Waals surface area contributed by atoms with Crippen LogP contribution in [0.5, 0.6) is 0 Å². The van der Waals surface area contributed by atoms with Crippen molar-refractivity contribution in [2.24, 2.45) is 0 Å². The molecule has 0 radical (unpaired) electrons. The quantitative estimate of drug-likeness (QED) is 0.820. The van der Waals surface area contributed by atoms with Gasteiger partial charge in [0.25, 0.3) is 0 Å². The lowest BCUT2D eigenvalue weighted by Crippen LogP contribution is -2.33. The number of nitrogens with one attached hydrogen (secondary N) is 1. The highest BCUT2D eigenvalue weighted by Crippen LogP contribution is 2.23. The minimum Gasteiger partial charge on any atom is -0.355 e. The molecule has 1 aliphatic rings. The fraction of sp³-hybridized carbons (Fsp3) is 0.529. The third kappa shape index (κ3) is 5.05. The van der Waals surface area contributed by atoms with E-state index in [1.807, 2.05) is 18.7 Å². The molecule has 1 saturated heterocycles. The minimum atomic E-state index is -0.0138. The van der Waals surface area contributed by atoms with Gasteiger partial charge in [-0.2, -0.15) is 0 Å². The molecule has 1 aromatic rings. The summed E-state index contributed by atoms with van der Waals surface area (Å²) in [7, 11) is 0. The number of aryl methyl sites for hydroxylation is 2. The molecule has 1 N–H and O–H groups in total. The minimum absolute atomic E-state index is 0.0138. The Morgan fingerprint density at radius 2 is 1.95 bits per heavy atom. The highest BCUT2D eigenvalue weighted by molar-refractivity contribution is 8.00. The number of amides is 2. The zero-order valence-electron chi connectivity index (χ0n) is 13.4. The van der Waals surface area contributed by atoms with Crippen molar-refractivity contribution in [1.29, 1.82) is 0 Å². The molecule has 1 aromatic carbocycles. The van der Waals surface area contributed by atoms with Crippen LogP contribution in [0.15, 0.2) is 23.1 Å². The third-order valence-corrected chi connectivity index (χ3v) is 4.98. The second-order valence-electron chi connectivity index (χ2n) is 5.75. The maximum Gasteiger partial charge on any atom is 0.230 e. The van der Waals surface area contributed by atoms with E-state index in [4.69, 9.17) is 0 Å². The van der Waals surface area contributed by atoms with E-state index < -0.39 is 0 Å². The van der Waals surface area contributed by atoms with Gasteiger partial charge in [0.2, 0.25) is 11.8 Å². The standard InChI is InChI=1S/C17H24N2O2S/c1-13-5-6-14(2)15(11-13)22-12-16(20)18-8-7-17(21)19-9-3-4-10-19/h5-6,11H,3-4,7-10,12H2,1-2H3,(H,18,20). The number of rotatable bonds is 6. The molecule has 5 heteroatoms. The predicted octanol–water partition coefficient (Wildman–Crippen LogP) is 2.52. The average molecular weight is 320 g/mol. The lowest BCUT2D eigenvalue weighted by atomic mass is 10.2. The van der Waals surface area contributed by atoms with Crippen molar-refractivity contribution < 1.29 is 9.59 Å². The molecule has 1 heterocycles. The number of hydrogen-bond donors (Lipinski definition) is 1. The van der Waals surface area contributed by atoms with Gasteiger partial charge in [0.1, 0.15) is 0 Å². The van der Waals surface area contributed by atoms with Crippen LogP contribution in [0, 0.1) is 13.8 Å². The molecule has 2 rings (SSSR count). The lowest BCUT2D eigenvalue weighted by Gasteiger charge is -2.15. The van der Waals surface area contributed by atoms with Gasteiger partial charge in [-0.05, 0) is 38.3 Å². The number of likely N-dealkylation sites (tertiary alicyclic amines) is 1. The summed E-state index contributed by atoms with van der Waals surface area (Å²) >= 11 is 1.55. The van der Waals surface area contributed by atoms with Crippen LogP contribution in [0.4, 0.5) is 0 Å². The largest absolute Gasteiger partial charge is 0.355 e. The van der Waals surface area contributed by atoms with E-state index >= 15 is 0 Å². The predicted molar refractivity (Wildman–Crippen MR) is 90.1 cm³/mol. The fourth-order valence-corrected chi connectivity index (χ4v) is 3.44. The summed E-state index contributed by atoms with van der Waals surface area (Å²) in [5.74, 6) is 0.530. The Bertz CT molecular complexity index is 539. The van der Waals surface area contributed by atoms with E-state index in [0.29, 0.717) is 18.7 Å². The molecule has 1 fully saturated rings. The molecule has 0 spiro atoms. The van der Waals surface area contributed by atoms with Crippen molar-refractivity contribution in [1.82, 2.24) is 10.2 Å². The molecule has 1 aliphatic heterocycles. The highest BCUT2D eigenvalue weighted by Gasteiger charge is 2.17. The van der Waals surface area contributed by atoms with Gasteiger partial charge in [-0.3, -0.25) is 9.59 Å². The van der Waals surface area contributed by atoms with Crippen LogP contribution in [0.2, 0.25) is 0 Å². The monoisotopic (exact) mass is 320 g/mol. The first kappa shape index (κ1) is 16.9.